The van der Waals surface area contributed by atoms with Crippen LogP contribution in [0, 0.1) is 0 Å². The van der Waals surface area contributed by atoms with E-state index in [-0.39, 0.29) is 5.56 Å². The average molecular weight is 235 g/mol. The van der Waals surface area contributed by atoms with Crippen molar-refractivity contribution in [1.82, 2.24) is 9.97 Å². The molecule has 0 atom stereocenters. The zero-order chi connectivity index (χ0) is 11.9. The molecule has 1 aromatic rings. The van der Waals surface area contributed by atoms with E-state index < -0.39 is 5.60 Å². The molecule has 2 fully saturated rings. The number of nitrogens with zero attached hydrogens (tertiary/aromatic N) is 1. The van der Waals surface area contributed by atoms with E-state index in [0.29, 0.717) is 18.3 Å². The van der Waals surface area contributed by atoms with E-state index >= 15 is 0 Å². The van der Waals surface area contributed by atoms with Crippen LogP contribution >= 0.6 is 0 Å². The second-order valence-electron chi connectivity index (χ2n) is 5.22. The topological polar surface area (TPSA) is 78.0 Å². The third-order valence-electron chi connectivity index (χ3n) is 3.61. The van der Waals surface area contributed by atoms with E-state index in [2.05, 4.69) is 15.3 Å². The van der Waals surface area contributed by atoms with Gasteiger partial charge < -0.3 is 15.4 Å². The zero-order valence-electron chi connectivity index (χ0n) is 9.70. The first-order valence-electron chi connectivity index (χ1n) is 6.22. The van der Waals surface area contributed by atoms with Crippen molar-refractivity contribution in [3.63, 3.8) is 0 Å². The summed E-state index contributed by atoms with van der Waals surface area (Å²) in [6.07, 6.45) is 4.96. The molecule has 5 nitrogen and oxygen atoms in total. The van der Waals surface area contributed by atoms with E-state index in [1.54, 1.807) is 0 Å². The molecule has 3 rings (SSSR count). The Hall–Kier alpha value is -1.36. The quantitative estimate of drug-likeness (QED) is 0.726. The van der Waals surface area contributed by atoms with E-state index in [0.717, 1.165) is 37.9 Å². The molecule has 17 heavy (non-hydrogen) atoms. The highest BCUT2D eigenvalue weighted by Gasteiger charge is 2.34. The molecule has 0 bridgehead atoms. The van der Waals surface area contributed by atoms with Crippen molar-refractivity contribution in [3.8, 4) is 0 Å². The minimum Gasteiger partial charge on any atom is -0.388 e. The predicted octanol–water partition coefficient (Wildman–Crippen LogP) is 0.974. The lowest BCUT2D eigenvalue weighted by atomic mass is 9.80. The van der Waals surface area contributed by atoms with Gasteiger partial charge in [-0.25, -0.2) is 4.98 Å². The molecule has 0 unspecified atom stereocenters. The van der Waals surface area contributed by atoms with Crippen LogP contribution in [0.15, 0.2) is 10.9 Å². The molecule has 1 aromatic heterocycles. The summed E-state index contributed by atoms with van der Waals surface area (Å²) in [4.78, 5) is 18.6. The Bertz CT molecular complexity index is 475. The Balaban J connectivity index is 1.71. The number of rotatable bonds is 4. The molecular weight excluding hydrogens is 218 g/mol. The van der Waals surface area contributed by atoms with Crippen molar-refractivity contribution in [1.29, 1.82) is 0 Å². The monoisotopic (exact) mass is 235 g/mol. The number of hydrogen-bond donors (Lipinski definition) is 3. The average Bonchev–Trinajstić information content (AvgIpc) is 3.06. The SMILES string of the molecule is O=c1cc(NCC2(O)CCC2)nc(C2CC2)[nH]1. The maximum absolute atomic E-state index is 11.5. The normalized spacial score (nSPS) is 21.9. The Kier molecular flexibility index (Phi) is 2.43. The van der Waals surface area contributed by atoms with Crippen molar-refractivity contribution in [2.24, 2.45) is 0 Å². The van der Waals surface area contributed by atoms with Gasteiger partial charge in [0.2, 0.25) is 0 Å². The van der Waals surface area contributed by atoms with Gasteiger partial charge in [0.1, 0.15) is 11.6 Å². The van der Waals surface area contributed by atoms with Crippen molar-refractivity contribution < 1.29 is 5.11 Å². The number of H-pyrrole nitrogens is 1. The molecule has 0 radical (unpaired) electrons. The second-order valence-corrected chi connectivity index (χ2v) is 5.22. The highest BCUT2D eigenvalue weighted by atomic mass is 16.3. The minimum atomic E-state index is -0.593. The van der Waals surface area contributed by atoms with Gasteiger partial charge in [-0.1, -0.05) is 0 Å². The first-order valence-corrected chi connectivity index (χ1v) is 6.22. The Labute approximate surface area is 99.3 Å². The predicted molar refractivity (Wildman–Crippen MR) is 64.1 cm³/mol. The van der Waals surface area contributed by atoms with Gasteiger partial charge in [-0.2, -0.15) is 0 Å². The molecule has 2 aliphatic carbocycles. The van der Waals surface area contributed by atoms with E-state index in [1.165, 1.54) is 6.07 Å². The van der Waals surface area contributed by atoms with Crippen LogP contribution in [-0.2, 0) is 0 Å². The lowest BCUT2D eigenvalue weighted by molar-refractivity contribution is -0.0202. The molecule has 1 heterocycles. The largest absolute Gasteiger partial charge is 0.388 e. The minimum absolute atomic E-state index is 0.120. The number of aromatic amines is 1. The van der Waals surface area contributed by atoms with Gasteiger partial charge >= 0.3 is 0 Å². The fourth-order valence-electron chi connectivity index (χ4n) is 2.13. The van der Waals surface area contributed by atoms with E-state index in [9.17, 15) is 9.90 Å². The van der Waals surface area contributed by atoms with Gasteiger partial charge in [0.05, 0.1) is 5.60 Å². The molecule has 0 saturated heterocycles. The van der Waals surface area contributed by atoms with Gasteiger partial charge in [0.25, 0.3) is 5.56 Å². The van der Waals surface area contributed by atoms with Crippen LogP contribution in [-0.4, -0.2) is 27.2 Å². The fraction of sp³-hybridized carbons (Fsp3) is 0.667. The molecule has 0 aromatic carbocycles. The summed E-state index contributed by atoms with van der Waals surface area (Å²) in [5.74, 6) is 1.79. The summed E-state index contributed by atoms with van der Waals surface area (Å²) in [5.41, 5.74) is -0.714. The molecule has 3 N–H and O–H groups in total. The third kappa shape index (κ3) is 2.34. The Morgan fingerprint density at radius 1 is 1.53 bits per heavy atom. The summed E-state index contributed by atoms with van der Waals surface area (Å²) in [7, 11) is 0. The summed E-state index contributed by atoms with van der Waals surface area (Å²) in [5, 5.41) is 13.0. The standard InChI is InChI=1S/C12H17N3O2/c16-10-6-9(13-7-12(17)4-1-5-12)14-11(15-10)8-2-3-8/h6,8,17H,1-5,7H2,(H2,13,14,15,16). The molecule has 92 valence electrons. The van der Waals surface area contributed by atoms with E-state index in [4.69, 9.17) is 0 Å². The molecule has 0 aliphatic heterocycles. The van der Waals surface area contributed by atoms with Crippen molar-refractivity contribution in [3.05, 3.63) is 22.2 Å². The van der Waals surface area contributed by atoms with E-state index in [1.807, 2.05) is 0 Å². The second kappa shape index (κ2) is 3.84. The fourth-order valence-corrected chi connectivity index (χ4v) is 2.13. The van der Waals surface area contributed by atoms with Crippen molar-refractivity contribution in [2.45, 2.75) is 43.6 Å². The molecule has 5 heteroatoms. The first-order chi connectivity index (χ1) is 8.15. The maximum atomic E-state index is 11.5. The molecular formula is C12H17N3O2. The Morgan fingerprint density at radius 2 is 2.29 bits per heavy atom. The smallest absolute Gasteiger partial charge is 0.252 e. The molecule has 2 saturated carbocycles. The number of nitrogens with one attached hydrogen (secondary N) is 2. The molecule has 0 amide bonds. The summed E-state index contributed by atoms with van der Waals surface area (Å²) in [6, 6.07) is 1.45. The number of aromatic nitrogens is 2. The highest BCUT2D eigenvalue weighted by molar-refractivity contribution is 5.34. The van der Waals surface area contributed by atoms with Gasteiger partial charge in [-0.05, 0) is 32.1 Å². The maximum Gasteiger partial charge on any atom is 0.252 e. The van der Waals surface area contributed by atoms with Gasteiger partial charge in [0, 0.05) is 18.5 Å². The number of aliphatic hydroxyl groups is 1. The lowest BCUT2D eigenvalue weighted by Crippen LogP contribution is -2.43. The van der Waals surface area contributed by atoms with Gasteiger partial charge in [-0.15, -0.1) is 0 Å². The van der Waals surface area contributed by atoms with Crippen LogP contribution in [0.3, 0.4) is 0 Å². The summed E-state index contributed by atoms with van der Waals surface area (Å²) >= 11 is 0. The van der Waals surface area contributed by atoms with Crippen LogP contribution in [0.5, 0.6) is 0 Å². The lowest BCUT2D eigenvalue weighted by Gasteiger charge is -2.36. The van der Waals surface area contributed by atoms with Crippen LogP contribution in [0.1, 0.15) is 43.8 Å². The van der Waals surface area contributed by atoms with Crippen LogP contribution in [0.2, 0.25) is 0 Å². The number of anilines is 1. The first kappa shape index (κ1) is 10.8. The molecule has 0 spiro atoms. The highest BCUT2D eigenvalue weighted by Crippen LogP contribution is 2.37. The molecule has 2 aliphatic rings. The summed E-state index contributed by atoms with van der Waals surface area (Å²) in [6.45, 7) is 0.480. The summed E-state index contributed by atoms with van der Waals surface area (Å²) < 4.78 is 0. The third-order valence-corrected chi connectivity index (χ3v) is 3.61. The van der Waals surface area contributed by atoms with Crippen LogP contribution < -0.4 is 10.9 Å². The zero-order valence-corrected chi connectivity index (χ0v) is 9.70. The van der Waals surface area contributed by atoms with Crippen molar-refractivity contribution in [2.75, 3.05) is 11.9 Å². The van der Waals surface area contributed by atoms with Gasteiger partial charge in [-0.3, -0.25) is 4.79 Å². The van der Waals surface area contributed by atoms with Gasteiger partial charge in [0.15, 0.2) is 0 Å². The van der Waals surface area contributed by atoms with Crippen molar-refractivity contribution >= 4 is 5.82 Å². The number of hydrogen-bond acceptors (Lipinski definition) is 4. The van der Waals surface area contributed by atoms with Crippen LogP contribution in [0.4, 0.5) is 5.82 Å². The van der Waals surface area contributed by atoms with Crippen LogP contribution in [0.25, 0.3) is 0 Å². The Morgan fingerprint density at radius 3 is 2.88 bits per heavy atom.